The highest BCUT2D eigenvalue weighted by Gasteiger charge is 2.16. The fourth-order valence-corrected chi connectivity index (χ4v) is 2.61. The van der Waals surface area contributed by atoms with Crippen molar-refractivity contribution in [3.05, 3.63) is 45.9 Å². The average Bonchev–Trinajstić information content (AvgIpc) is 2.76. The van der Waals surface area contributed by atoms with Crippen LogP contribution in [-0.2, 0) is 23.6 Å². The Balaban J connectivity index is 2.21. The summed E-state index contributed by atoms with van der Waals surface area (Å²) in [5.41, 5.74) is -0.537. The molecule has 2 N–H and O–H groups in total. The van der Waals surface area contributed by atoms with Crippen molar-refractivity contribution in [1.29, 1.82) is 0 Å². The van der Waals surface area contributed by atoms with E-state index in [4.69, 9.17) is 11.6 Å². The van der Waals surface area contributed by atoms with Crippen molar-refractivity contribution in [3.63, 3.8) is 0 Å². The van der Waals surface area contributed by atoms with E-state index >= 15 is 0 Å². The lowest BCUT2D eigenvalue weighted by Crippen LogP contribution is -2.25. The molecule has 0 fully saturated rings. The van der Waals surface area contributed by atoms with Crippen molar-refractivity contribution in [1.82, 2.24) is 19.3 Å². The molecule has 2 rings (SSSR count). The smallest absolute Gasteiger partial charge is 0.266 e. The highest BCUT2D eigenvalue weighted by Crippen LogP contribution is 2.10. The number of pyridine rings is 1. The van der Waals surface area contributed by atoms with Crippen LogP contribution in [0.1, 0.15) is 5.82 Å². The number of hydrogen-bond acceptors (Lipinski definition) is 4. The molecule has 7 nitrogen and oxygen atoms in total. The molecule has 0 amide bonds. The molecule has 0 aliphatic rings. The SMILES string of the molecule is Cn1ccnc1CNS(=O)(=O)c1c[nH]c(=O)c(Cl)c1. The van der Waals surface area contributed by atoms with Gasteiger partial charge < -0.3 is 9.55 Å². The Morgan fingerprint density at radius 1 is 1.53 bits per heavy atom. The van der Waals surface area contributed by atoms with Crippen molar-refractivity contribution in [2.24, 2.45) is 7.05 Å². The summed E-state index contributed by atoms with van der Waals surface area (Å²) in [4.78, 5) is 17.2. The van der Waals surface area contributed by atoms with Crippen molar-refractivity contribution in [3.8, 4) is 0 Å². The molecule has 0 aromatic carbocycles. The second-order valence-electron chi connectivity index (χ2n) is 3.79. The van der Waals surface area contributed by atoms with Gasteiger partial charge in [0, 0.05) is 25.6 Å². The molecule has 0 unspecified atom stereocenters. The minimum atomic E-state index is -3.75. The largest absolute Gasteiger partial charge is 0.337 e. The molecule has 2 heterocycles. The van der Waals surface area contributed by atoms with Crippen LogP contribution < -0.4 is 10.3 Å². The van der Waals surface area contributed by atoms with Crippen LogP contribution in [0.15, 0.2) is 34.3 Å². The number of aromatic nitrogens is 3. The highest BCUT2D eigenvalue weighted by atomic mass is 35.5. The van der Waals surface area contributed by atoms with Gasteiger partial charge in [-0.3, -0.25) is 4.79 Å². The van der Waals surface area contributed by atoms with Gasteiger partial charge in [-0.2, -0.15) is 0 Å². The number of hydrogen-bond donors (Lipinski definition) is 2. The van der Waals surface area contributed by atoms with Crippen LogP contribution >= 0.6 is 11.6 Å². The van der Waals surface area contributed by atoms with Gasteiger partial charge in [0.25, 0.3) is 5.56 Å². The molecule has 0 aliphatic heterocycles. The summed E-state index contributed by atoms with van der Waals surface area (Å²) in [5, 5.41) is -0.181. The van der Waals surface area contributed by atoms with Crippen LogP contribution in [0.25, 0.3) is 0 Å². The van der Waals surface area contributed by atoms with E-state index in [9.17, 15) is 13.2 Å². The van der Waals surface area contributed by atoms with E-state index in [1.807, 2.05) is 0 Å². The first-order valence-electron chi connectivity index (χ1n) is 5.24. The molecule has 2 aromatic heterocycles. The Morgan fingerprint density at radius 3 is 2.84 bits per heavy atom. The van der Waals surface area contributed by atoms with E-state index < -0.39 is 15.6 Å². The van der Waals surface area contributed by atoms with Crippen LogP contribution in [0.2, 0.25) is 5.02 Å². The third kappa shape index (κ3) is 3.03. The Labute approximate surface area is 114 Å². The van der Waals surface area contributed by atoms with E-state index in [1.54, 1.807) is 24.0 Å². The van der Waals surface area contributed by atoms with Crippen molar-refractivity contribution < 1.29 is 8.42 Å². The van der Waals surface area contributed by atoms with Crippen molar-refractivity contribution in [2.75, 3.05) is 0 Å². The summed E-state index contributed by atoms with van der Waals surface area (Å²) >= 11 is 5.59. The minimum Gasteiger partial charge on any atom is -0.337 e. The number of H-pyrrole nitrogens is 1. The van der Waals surface area contributed by atoms with E-state index in [2.05, 4.69) is 14.7 Å². The Kier molecular flexibility index (Phi) is 3.74. The topological polar surface area (TPSA) is 96.8 Å². The van der Waals surface area contributed by atoms with E-state index in [1.165, 1.54) is 0 Å². The highest BCUT2D eigenvalue weighted by molar-refractivity contribution is 7.89. The maximum atomic E-state index is 12.0. The zero-order valence-corrected chi connectivity index (χ0v) is 11.5. The maximum Gasteiger partial charge on any atom is 0.266 e. The lowest BCUT2D eigenvalue weighted by atomic mass is 10.5. The fraction of sp³-hybridized carbons (Fsp3) is 0.200. The third-order valence-corrected chi connectivity index (χ3v) is 4.14. The minimum absolute atomic E-state index is 0.0442. The third-order valence-electron chi connectivity index (χ3n) is 2.48. The van der Waals surface area contributed by atoms with E-state index in [0.717, 1.165) is 12.3 Å². The lowest BCUT2D eigenvalue weighted by Gasteiger charge is -2.06. The summed E-state index contributed by atoms with van der Waals surface area (Å²) in [6, 6.07) is 1.10. The molecule has 0 saturated carbocycles. The second-order valence-corrected chi connectivity index (χ2v) is 5.97. The first-order valence-corrected chi connectivity index (χ1v) is 7.10. The van der Waals surface area contributed by atoms with Crippen LogP contribution in [0.4, 0.5) is 0 Å². The number of nitrogens with one attached hydrogen (secondary N) is 2. The average molecular weight is 303 g/mol. The number of aromatic amines is 1. The van der Waals surface area contributed by atoms with Gasteiger partial charge in [-0.05, 0) is 6.07 Å². The van der Waals surface area contributed by atoms with Crippen LogP contribution in [0, 0.1) is 0 Å². The van der Waals surface area contributed by atoms with Gasteiger partial charge >= 0.3 is 0 Å². The molecule has 102 valence electrons. The second kappa shape index (κ2) is 5.16. The number of imidazole rings is 1. The fourth-order valence-electron chi connectivity index (χ4n) is 1.40. The molecular formula is C10H11ClN4O3S. The maximum absolute atomic E-state index is 12.0. The number of aryl methyl sites for hydroxylation is 1. The van der Waals surface area contributed by atoms with Gasteiger partial charge in [-0.25, -0.2) is 18.1 Å². The number of halogens is 1. The molecule has 0 bridgehead atoms. The quantitative estimate of drug-likeness (QED) is 0.845. The first kappa shape index (κ1) is 13.8. The molecule has 0 spiro atoms. The summed E-state index contributed by atoms with van der Waals surface area (Å²) in [7, 11) is -1.99. The molecule has 9 heteroatoms. The zero-order valence-electron chi connectivity index (χ0n) is 9.92. The van der Waals surface area contributed by atoms with Crippen LogP contribution in [-0.4, -0.2) is 23.0 Å². The molecular weight excluding hydrogens is 292 g/mol. The molecule has 0 aliphatic carbocycles. The van der Waals surface area contributed by atoms with E-state index in [0.29, 0.717) is 5.82 Å². The number of sulfonamides is 1. The van der Waals surface area contributed by atoms with Gasteiger partial charge in [0.2, 0.25) is 10.0 Å². The van der Waals surface area contributed by atoms with Gasteiger partial charge in [-0.1, -0.05) is 11.6 Å². The molecule has 19 heavy (non-hydrogen) atoms. The first-order chi connectivity index (χ1) is 8.90. The summed E-state index contributed by atoms with van der Waals surface area (Å²) in [6.07, 6.45) is 4.37. The van der Waals surface area contributed by atoms with E-state index in [-0.39, 0.29) is 16.5 Å². The number of nitrogens with zero attached hydrogens (tertiary/aromatic N) is 2. The standard InChI is InChI=1S/C10H11ClN4O3S/c1-15-3-2-12-9(15)6-14-19(17,18)7-4-8(11)10(16)13-5-7/h2-5,14H,6H2,1H3,(H,13,16). The Morgan fingerprint density at radius 2 is 2.26 bits per heavy atom. The van der Waals surface area contributed by atoms with Gasteiger partial charge in [0.05, 0.1) is 11.4 Å². The normalized spacial score (nSPS) is 11.7. The van der Waals surface area contributed by atoms with Crippen LogP contribution in [0.3, 0.4) is 0 Å². The predicted molar refractivity (Wildman–Crippen MR) is 69.3 cm³/mol. The van der Waals surface area contributed by atoms with Gasteiger partial charge in [-0.15, -0.1) is 0 Å². The molecule has 0 saturated heterocycles. The summed E-state index contributed by atoms with van der Waals surface area (Å²) in [6.45, 7) is 0.0442. The van der Waals surface area contributed by atoms with Gasteiger partial charge in [0.1, 0.15) is 10.8 Å². The van der Waals surface area contributed by atoms with Crippen molar-refractivity contribution in [2.45, 2.75) is 11.4 Å². The lowest BCUT2D eigenvalue weighted by molar-refractivity contribution is 0.577. The van der Waals surface area contributed by atoms with Crippen molar-refractivity contribution >= 4 is 21.6 Å². The zero-order chi connectivity index (χ0) is 14.0. The molecule has 0 radical (unpaired) electrons. The molecule has 2 aromatic rings. The van der Waals surface area contributed by atoms with Crippen LogP contribution in [0.5, 0.6) is 0 Å². The van der Waals surface area contributed by atoms with Gasteiger partial charge in [0.15, 0.2) is 0 Å². The molecule has 0 atom stereocenters. The predicted octanol–water partition coefficient (Wildman–Crippen LogP) is 0.240. The summed E-state index contributed by atoms with van der Waals surface area (Å²) < 4.78 is 28.0. The summed E-state index contributed by atoms with van der Waals surface area (Å²) in [5.74, 6) is 0.569. The number of rotatable bonds is 4. The Hall–Kier alpha value is -1.64. The monoisotopic (exact) mass is 302 g/mol. The Bertz CT molecular complexity index is 750.